The van der Waals surface area contributed by atoms with Gasteiger partial charge in [-0.05, 0) is 17.7 Å². The van der Waals surface area contributed by atoms with E-state index in [4.69, 9.17) is 0 Å². The third-order valence-corrected chi connectivity index (χ3v) is 1.11. The van der Waals surface area contributed by atoms with Gasteiger partial charge in [-0.25, -0.2) is 4.39 Å². The fourth-order valence-corrected chi connectivity index (χ4v) is 0.599. The molecule has 0 aliphatic heterocycles. The standard InChI is InChI=1S/C8H7F.H2/c1-2-7-3-5-8(9)6-4-7;/h2-6H,1H2;1H. The first-order valence-corrected chi connectivity index (χ1v) is 2.71. The average molecular weight is 124 g/mol. The maximum Gasteiger partial charge on any atom is 0.123 e. The molecule has 0 fully saturated rings. The van der Waals surface area contributed by atoms with Crippen LogP contribution in [-0.2, 0) is 0 Å². The van der Waals surface area contributed by atoms with Crippen LogP contribution >= 0.6 is 0 Å². The molecular weight excluding hydrogens is 115 g/mol. The maximum absolute atomic E-state index is 12.2. The summed E-state index contributed by atoms with van der Waals surface area (Å²) in [5, 5.41) is 0. The molecule has 0 atom stereocenters. The highest BCUT2D eigenvalue weighted by Gasteiger charge is 1.85. The van der Waals surface area contributed by atoms with E-state index >= 15 is 0 Å². The topological polar surface area (TPSA) is 0 Å². The Morgan fingerprint density at radius 3 is 2.33 bits per heavy atom. The zero-order valence-electron chi connectivity index (χ0n) is 4.97. The van der Waals surface area contributed by atoms with Crippen molar-refractivity contribution in [3.63, 3.8) is 0 Å². The lowest BCUT2D eigenvalue weighted by Gasteiger charge is -1.88. The van der Waals surface area contributed by atoms with Crippen molar-refractivity contribution in [1.82, 2.24) is 0 Å². The summed E-state index contributed by atoms with van der Waals surface area (Å²) in [6, 6.07) is 6.19. The first-order chi connectivity index (χ1) is 4.33. The smallest absolute Gasteiger partial charge is 0.123 e. The molecule has 0 saturated heterocycles. The van der Waals surface area contributed by atoms with E-state index in [1.165, 1.54) is 12.1 Å². The number of halogens is 1. The first kappa shape index (κ1) is 6.02. The summed E-state index contributed by atoms with van der Waals surface area (Å²) in [5.74, 6) is -0.208. The van der Waals surface area contributed by atoms with Crippen LogP contribution in [0.5, 0.6) is 0 Å². The molecule has 9 heavy (non-hydrogen) atoms. The van der Waals surface area contributed by atoms with Crippen LogP contribution in [0, 0.1) is 5.82 Å². The minimum Gasteiger partial charge on any atom is -0.207 e. The van der Waals surface area contributed by atoms with E-state index in [0.29, 0.717) is 0 Å². The van der Waals surface area contributed by atoms with Crippen LogP contribution in [0.3, 0.4) is 0 Å². The van der Waals surface area contributed by atoms with E-state index in [-0.39, 0.29) is 7.24 Å². The monoisotopic (exact) mass is 124 g/mol. The lowest BCUT2D eigenvalue weighted by Crippen LogP contribution is -1.72. The van der Waals surface area contributed by atoms with Crippen LogP contribution in [0.15, 0.2) is 30.8 Å². The Labute approximate surface area is 55.1 Å². The molecule has 0 saturated carbocycles. The minimum absolute atomic E-state index is 0. The molecule has 0 N–H and O–H groups in total. The molecule has 0 aliphatic rings. The molecule has 48 valence electrons. The Hall–Kier alpha value is -1.11. The lowest BCUT2D eigenvalue weighted by molar-refractivity contribution is 0.628. The number of benzene rings is 1. The van der Waals surface area contributed by atoms with Crippen LogP contribution < -0.4 is 0 Å². The highest BCUT2D eigenvalue weighted by molar-refractivity contribution is 5.45. The van der Waals surface area contributed by atoms with Crippen LogP contribution in [-0.4, -0.2) is 0 Å². The van der Waals surface area contributed by atoms with Gasteiger partial charge in [0.15, 0.2) is 0 Å². The highest BCUT2D eigenvalue weighted by Crippen LogP contribution is 2.02. The Balaban J connectivity index is 0.000000810. The summed E-state index contributed by atoms with van der Waals surface area (Å²) in [6.07, 6.45) is 1.68. The van der Waals surface area contributed by atoms with Crippen molar-refractivity contribution in [1.29, 1.82) is 0 Å². The third kappa shape index (κ3) is 1.39. The maximum atomic E-state index is 12.2. The molecule has 0 nitrogen and oxygen atoms in total. The van der Waals surface area contributed by atoms with Gasteiger partial charge in [-0.2, -0.15) is 0 Å². The summed E-state index contributed by atoms with van der Waals surface area (Å²) in [4.78, 5) is 0. The molecule has 0 heterocycles. The molecule has 1 heteroatoms. The predicted molar refractivity (Wildman–Crippen MR) is 38.6 cm³/mol. The second kappa shape index (κ2) is 2.44. The summed E-state index contributed by atoms with van der Waals surface area (Å²) >= 11 is 0. The molecule has 0 unspecified atom stereocenters. The number of hydrogen-bond acceptors (Lipinski definition) is 0. The van der Waals surface area contributed by atoms with Crippen molar-refractivity contribution in [2.75, 3.05) is 0 Å². The molecule has 0 aromatic heterocycles. The van der Waals surface area contributed by atoms with E-state index in [2.05, 4.69) is 6.58 Å². The lowest BCUT2D eigenvalue weighted by atomic mass is 10.2. The van der Waals surface area contributed by atoms with Crippen molar-refractivity contribution in [3.8, 4) is 0 Å². The van der Waals surface area contributed by atoms with Gasteiger partial charge in [0.2, 0.25) is 0 Å². The zero-order chi connectivity index (χ0) is 6.69. The Morgan fingerprint density at radius 2 is 1.89 bits per heavy atom. The summed E-state index contributed by atoms with van der Waals surface area (Å²) in [6.45, 7) is 3.54. The quantitative estimate of drug-likeness (QED) is 0.540. The molecule has 0 spiro atoms. The van der Waals surface area contributed by atoms with Crippen molar-refractivity contribution < 1.29 is 5.82 Å². The number of hydrogen-bond donors (Lipinski definition) is 0. The van der Waals surface area contributed by atoms with Gasteiger partial charge in [-0.1, -0.05) is 24.8 Å². The van der Waals surface area contributed by atoms with Gasteiger partial charge in [-0.3, -0.25) is 0 Å². The second-order valence-electron chi connectivity index (χ2n) is 1.76. The molecule has 0 bridgehead atoms. The fourth-order valence-electron chi connectivity index (χ4n) is 0.599. The Morgan fingerprint density at radius 1 is 1.33 bits per heavy atom. The van der Waals surface area contributed by atoms with Crippen LogP contribution in [0.2, 0.25) is 0 Å². The Kier molecular flexibility index (Phi) is 1.63. The third-order valence-electron chi connectivity index (χ3n) is 1.11. The largest absolute Gasteiger partial charge is 0.207 e. The highest BCUT2D eigenvalue weighted by atomic mass is 19.1. The Bertz CT molecular complexity index is 203. The van der Waals surface area contributed by atoms with Crippen LogP contribution in [0.4, 0.5) is 4.39 Å². The molecule has 0 amide bonds. The average Bonchev–Trinajstić information content (AvgIpc) is 1.90. The van der Waals surface area contributed by atoms with E-state index in [0.717, 1.165) is 5.56 Å². The number of rotatable bonds is 1. The normalized spacial score (nSPS) is 9.00. The summed E-state index contributed by atoms with van der Waals surface area (Å²) in [5.41, 5.74) is 0.941. The predicted octanol–water partition coefficient (Wildman–Crippen LogP) is 2.71. The first-order valence-electron chi connectivity index (χ1n) is 2.71. The molecule has 0 aliphatic carbocycles. The second-order valence-corrected chi connectivity index (χ2v) is 1.76. The van der Waals surface area contributed by atoms with Crippen molar-refractivity contribution in [2.45, 2.75) is 0 Å². The van der Waals surface area contributed by atoms with Gasteiger partial charge in [0.1, 0.15) is 5.82 Å². The van der Waals surface area contributed by atoms with Gasteiger partial charge in [0, 0.05) is 1.43 Å². The molecule has 1 rings (SSSR count). The van der Waals surface area contributed by atoms with Gasteiger partial charge in [0.25, 0.3) is 0 Å². The minimum atomic E-state index is -0.208. The van der Waals surface area contributed by atoms with E-state index in [1.54, 1.807) is 18.2 Å². The van der Waals surface area contributed by atoms with Gasteiger partial charge < -0.3 is 0 Å². The molecule has 1 aromatic carbocycles. The molecule has 1 aromatic rings. The van der Waals surface area contributed by atoms with Gasteiger partial charge in [0.05, 0.1) is 0 Å². The van der Waals surface area contributed by atoms with E-state index in [1.807, 2.05) is 0 Å². The van der Waals surface area contributed by atoms with Crippen molar-refractivity contribution in [3.05, 3.63) is 42.2 Å². The summed E-state index contributed by atoms with van der Waals surface area (Å²) < 4.78 is 12.2. The SMILES string of the molecule is C=Cc1ccc(F)cc1.[HH]. The van der Waals surface area contributed by atoms with Crippen molar-refractivity contribution in [2.24, 2.45) is 0 Å². The van der Waals surface area contributed by atoms with Gasteiger partial charge in [-0.15, -0.1) is 0 Å². The van der Waals surface area contributed by atoms with E-state index in [9.17, 15) is 4.39 Å². The fraction of sp³-hybridized carbons (Fsp3) is 0. The molecule has 0 radical (unpaired) electrons. The van der Waals surface area contributed by atoms with Crippen LogP contribution in [0.25, 0.3) is 6.08 Å². The summed E-state index contributed by atoms with van der Waals surface area (Å²) in [7, 11) is 0. The van der Waals surface area contributed by atoms with Crippen molar-refractivity contribution >= 4 is 6.08 Å². The molecular formula is C8H9F. The van der Waals surface area contributed by atoms with E-state index < -0.39 is 0 Å². The van der Waals surface area contributed by atoms with Crippen LogP contribution in [0.1, 0.15) is 6.99 Å². The van der Waals surface area contributed by atoms with Gasteiger partial charge >= 0.3 is 0 Å². The zero-order valence-corrected chi connectivity index (χ0v) is 4.97.